The summed E-state index contributed by atoms with van der Waals surface area (Å²) >= 11 is 0. The third-order valence-electron chi connectivity index (χ3n) is 2.46. The van der Waals surface area contributed by atoms with E-state index in [4.69, 9.17) is 0 Å². The molecule has 0 aromatic carbocycles. The highest BCUT2D eigenvalue weighted by Gasteiger charge is 2.18. The van der Waals surface area contributed by atoms with Crippen molar-refractivity contribution in [2.24, 2.45) is 0 Å². The lowest BCUT2D eigenvalue weighted by molar-refractivity contribution is -0.119. The van der Waals surface area contributed by atoms with E-state index in [1.165, 1.54) is 19.3 Å². The Balaban J connectivity index is 2.04. The Kier molecular flexibility index (Phi) is 5.14. The SMILES string of the molecule is CCCCCC#CC[C@@H]1CCC(=O)N1. The molecule has 0 saturated carbocycles. The van der Waals surface area contributed by atoms with Gasteiger partial charge in [-0.05, 0) is 12.8 Å². The Labute approximate surface area is 86.5 Å². The molecule has 1 aliphatic rings. The summed E-state index contributed by atoms with van der Waals surface area (Å²) < 4.78 is 0. The number of rotatable bonds is 4. The molecule has 1 saturated heterocycles. The van der Waals surface area contributed by atoms with Gasteiger partial charge in [-0.25, -0.2) is 0 Å². The van der Waals surface area contributed by atoms with Gasteiger partial charge in [0.05, 0.1) is 0 Å². The molecule has 1 N–H and O–H groups in total. The van der Waals surface area contributed by atoms with Crippen molar-refractivity contribution in [3.05, 3.63) is 0 Å². The summed E-state index contributed by atoms with van der Waals surface area (Å²) in [4.78, 5) is 10.9. The summed E-state index contributed by atoms with van der Waals surface area (Å²) in [7, 11) is 0. The van der Waals surface area contributed by atoms with Gasteiger partial charge in [-0.3, -0.25) is 4.79 Å². The average molecular weight is 193 g/mol. The molecule has 1 fully saturated rings. The first-order valence-electron chi connectivity index (χ1n) is 5.58. The summed E-state index contributed by atoms with van der Waals surface area (Å²) in [5.74, 6) is 6.49. The predicted molar refractivity (Wildman–Crippen MR) is 57.7 cm³/mol. The molecule has 0 aromatic rings. The van der Waals surface area contributed by atoms with E-state index in [0.717, 1.165) is 19.3 Å². The van der Waals surface area contributed by atoms with Crippen molar-refractivity contribution in [3.8, 4) is 11.8 Å². The van der Waals surface area contributed by atoms with Crippen LogP contribution in [0.3, 0.4) is 0 Å². The van der Waals surface area contributed by atoms with Crippen molar-refractivity contribution in [3.63, 3.8) is 0 Å². The van der Waals surface area contributed by atoms with Gasteiger partial charge in [0.1, 0.15) is 0 Å². The molecule has 1 rings (SSSR count). The van der Waals surface area contributed by atoms with Crippen LogP contribution in [0.5, 0.6) is 0 Å². The highest BCUT2D eigenvalue weighted by molar-refractivity contribution is 5.78. The highest BCUT2D eigenvalue weighted by atomic mass is 16.1. The fourth-order valence-corrected chi connectivity index (χ4v) is 1.58. The van der Waals surface area contributed by atoms with Crippen molar-refractivity contribution >= 4 is 5.91 Å². The van der Waals surface area contributed by atoms with E-state index in [1.807, 2.05) is 0 Å². The van der Waals surface area contributed by atoms with E-state index in [1.54, 1.807) is 0 Å². The topological polar surface area (TPSA) is 29.1 Å². The minimum absolute atomic E-state index is 0.183. The smallest absolute Gasteiger partial charge is 0.220 e. The van der Waals surface area contributed by atoms with E-state index < -0.39 is 0 Å². The highest BCUT2D eigenvalue weighted by Crippen LogP contribution is 2.08. The zero-order chi connectivity index (χ0) is 10.2. The first-order chi connectivity index (χ1) is 6.83. The summed E-state index contributed by atoms with van der Waals surface area (Å²) in [5, 5.41) is 2.91. The Morgan fingerprint density at radius 3 is 2.93 bits per heavy atom. The van der Waals surface area contributed by atoms with Crippen molar-refractivity contribution in [1.29, 1.82) is 0 Å². The maximum absolute atomic E-state index is 10.9. The number of hydrogen-bond acceptors (Lipinski definition) is 1. The molecule has 1 aliphatic heterocycles. The van der Waals surface area contributed by atoms with Crippen LogP contribution in [-0.4, -0.2) is 11.9 Å². The van der Waals surface area contributed by atoms with Gasteiger partial charge in [-0.2, -0.15) is 0 Å². The van der Waals surface area contributed by atoms with Gasteiger partial charge >= 0.3 is 0 Å². The average Bonchev–Trinajstić information content (AvgIpc) is 2.58. The summed E-state index contributed by atoms with van der Waals surface area (Å²) in [6.07, 6.45) is 7.22. The number of carbonyl (C=O) groups is 1. The number of nitrogens with one attached hydrogen (secondary N) is 1. The molecule has 0 aliphatic carbocycles. The summed E-state index contributed by atoms with van der Waals surface area (Å²) in [6, 6.07) is 0.321. The Hall–Kier alpha value is -0.970. The maximum Gasteiger partial charge on any atom is 0.220 e. The van der Waals surface area contributed by atoms with E-state index in [9.17, 15) is 4.79 Å². The fourth-order valence-electron chi connectivity index (χ4n) is 1.58. The minimum atomic E-state index is 0.183. The summed E-state index contributed by atoms with van der Waals surface area (Å²) in [5.41, 5.74) is 0. The zero-order valence-electron chi connectivity index (χ0n) is 8.94. The first kappa shape index (κ1) is 11.1. The Morgan fingerprint density at radius 1 is 1.43 bits per heavy atom. The number of amides is 1. The predicted octanol–water partition coefficient (Wildman–Crippen LogP) is 2.24. The molecule has 2 nitrogen and oxygen atoms in total. The number of hydrogen-bond donors (Lipinski definition) is 1. The molecular formula is C12H19NO. The molecular weight excluding hydrogens is 174 g/mol. The van der Waals surface area contributed by atoms with Gasteiger partial charge in [0.15, 0.2) is 0 Å². The monoisotopic (exact) mass is 193 g/mol. The molecule has 78 valence electrons. The van der Waals surface area contributed by atoms with Crippen LogP contribution in [0.2, 0.25) is 0 Å². The van der Waals surface area contributed by atoms with Crippen LogP contribution < -0.4 is 5.32 Å². The van der Waals surface area contributed by atoms with Gasteiger partial charge in [-0.15, -0.1) is 11.8 Å². The lowest BCUT2D eigenvalue weighted by Crippen LogP contribution is -2.24. The standard InChI is InChI=1S/C12H19NO/c1-2-3-4-5-6-7-8-11-9-10-12(14)13-11/h11H,2-5,8-10H2,1H3,(H,13,14)/t11-/m1/s1. The molecule has 0 bridgehead atoms. The van der Waals surface area contributed by atoms with Crippen LogP contribution in [0.4, 0.5) is 0 Å². The van der Waals surface area contributed by atoms with Crippen LogP contribution >= 0.6 is 0 Å². The third kappa shape index (κ3) is 4.32. The van der Waals surface area contributed by atoms with Crippen molar-refractivity contribution in [2.75, 3.05) is 0 Å². The Bertz CT molecular complexity index is 236. The van der Waals surface area contributed by atoms with E-state index >= 15 is 0 Å². The minimum Gasteiger partial charge on any atom is -0.352 e. The van der Waals surface area contributed by atoms with Crippen LogP contribution in [0.15, 0.2) is 0 Å². The normalized spacial score (nSPS) is 20.1. The fraction of sp³-hybridized carbons (Fsp3) is 0.750. The molecule has 2 heteroatoms. The largest absolute Gasteiger partial charge is 0.352 e. The zero-order valence-corrected chi connectivity index (χ0v) is 8.94. The van der Waals surface area contributed by atoms with E-state index in [0.29, 0.717) is 12.5 Å². The molecule has 1 atom stereocenters. The molecule has 1 amide bonds. The van der Waals surface area contributed by atoms with E-state index in [2.05, 4.69) is 24.1 Å². The van der Waals surface area contributed by atoms with Gasteiger partial charge in [-0.1, -0.05) is 19.8 Å². The quantitative estimate of drug-likeness (QED) is 0.538. The second kappa shape index (κ2) is 6.48. The van der Waals surface area contributed by atoms with Gasteiger partial charge in [0, 0.05) is 25.3 Å². The van der Waals surface area contributed by atoms with Crippen molar-refractivity contribution in [2.45, 2.75) is 57.9 Å². The molecule has 0 unspecified atom stereocenters. The van der Waals surface area contributed by atoms with Crippen molar-refractivity contribution < 1.29 is 4.79 Å². The van der Waals surface area contributed by atoms with Crippen LogP contribution in [0.25, 0.3) is 0 Å². The molecule has 0 aromatic heterocycles. The van der Waals surface area contributed by atoms with Crippen molar-refractivity contribution in [1.82, 2.24) is 5.32 Å². The lowest BCUT2D eigenvalue weighted by atomic mass is 10.1. The molecule has 1 heterocycles. The molecule has 0 spiro atoms. The van der Waals surface area contributed by atoms with Crippen LogP contribution in [-0.2, 0) is 4.79 Å². The molecule has 14 heavy (non-hydrogen) atoms. The van der Waals surface area contributed by atoms with Gasteiger partial charge in [0.2, 0.25) is 5.91 Å². The lowest BCUT2D eigenvalue weighted by Gasteiger charge is -2.02. The van der Waals surface area contributed by atoms with Gasteiger partial charge < -0.3 is 5.32 Å². The van der Waals surface area contributed by atoms with Crippen LogP contribution in [0.1, 0.15) is 51.9 Å². The second-order valence-electron chi connectivity index (χ2n) is 3.82. The van der Waals surface area contributed by atoms with Gasteiger partial charge in [0.25, 0.3) is 0 Å². The first-order valence-corrected chi connectivity index (χ1v) is 5.58. The number of unbranched alkanes of at least 4 members (excludes halogenated alkanes) is 3. The second-order valence-corrected chi connectivity index (χ2v) is 3.82. The molecule has 0 radical (unpaired) electrons. The summed E-state index contributed by atoms with van der Waals surface area (Å²) in [6.45, 7) is 2.20. The Morgan fingerprint density at radius 2 is 2.29 bits per heavy atom. The number of carbonyl (C=O) groups excluding carboxylic acids is 1. The third-order valence-corrected chi connectivity index (χ3v) is 2.46. The maximum atomic E-state index is 10.9. The van der Waals surface area contributed by atoms with E-state index in [-0.39, 0.29) is 5.91 Å². The van der Waals surface area contributed by atoms with Crippen LogP contribution in [0, 0.1) is 11.8 Å².